The monoisotopic (exact) mass is 705 g/mol. The summed E-state index contributed by atoms with van der Waals surface area (Å²) in [7, 11) is 0. The van der Waals surface area contributed by atoms with E-state index in [1.165, 1.54) is 77.9 Å². The van der Waals surface area contributed by atoms with Gasteiger partial charge in [-0.1, -0.05) is 173 Å². The summed E-state index contributed by atoms with van der Waals surface area (Å²) in [5.74, 6) is 0. The Morgan fingerprint density at radius 2 is 0.745 bits per heavy atom. The van der Waals surface area contributed by atoms with Crippen molar-refractivity contribution in [2.45, 2.75) is 38.5 Å². The van der Waals surface area contributed by atoms with E-state index >= 15 is 0 Å². The second-order valence-electron chi connectivity index (χ2n) is 16.2. The van der Waals surface area contributed by atoms with Gasteiger partial charge in [-0.3, -0.25) is 0 Å². The summed E-state index contributed by atoms with van der Waals surface area (Å²) in [5, 5.41) is 0. The molecule has 0 spiro atoms. The Morgan fingerprint density at radius 1 is 0.291 bits per heavy atom. The minimum Gasteiger partial charge on any atom is -0.310 e. The summed E-state index contributed by atoms with van der Waals surface area (Å²) in [6.07, 6.45) is 0. The highest BCUT2D eigenvalue weighted by Gasteiger charge is 2.38. The Balaban J connectivity index is 1.07. The Morgan fingerprint density at radius 3 is 1.42 bits per heavy atom. The third-order valence-electron chi connectivity index (χ3n) is 12.3. The van der Waals surface area contributed by atoms with Crippen LogP contribution >= 0.6 is 0 Å². The number of hydrogen-bond acceptors (Lipinski definition) is 1. The van der Waals surface area contributed by atoms with Gasteiger partial charge in [0.2, 0.25) is 0 Å². The summed E-state index contributed by atoms with van der Waals surface area (Å²) in [4.78, 5) is 2.42. The van der Waals surface area contributed by atoms with E-state index in [0.29, 0.717) is 0 Å². The van der Waals surface area contributed by atoms with Gasteiger partial charge in [-0.05, 0) is 120 Å². The Hall–Kier alpha value is -6.44. The molecule has 0 saturated carbocycles. The Labute approximate surface area is 325 Å². The van der Waals surface area contributed by atoms with Gasteiger partial charge in [0.25, 0.3) is 0 Å². The summed E-state index contributed by atoms with van der Waals surface area (Å²) < 4.78 is 0. The maximum absolute atomic E-state index is 2.43. The van der Waals surface area contributed by atoms with Crippen LogP contribution in [0.25, 0.3) is 55.6 Å². The van der Waals surface area contributed by atoms with Crippen LogP contribution in [0.15, 0.2) is 188 Å². The zero-order chi connectivity index (χ0) is 37.3. The number of rotatable bonds is 6. The highest BCUT2D eigenvalue weighted by Crippen LogP contribution is 2.53. The molecule has 0 saturated heterocycles. The van der Waals surface area contributed by atoms with Gasteiger partial charge in [0.1, 0.15) is 0 Å². The third kappa shape index (κ3) is 5.29. The molecule has 1 heteroatoms. The van der Waals surface area contributed by atoms with E-state index in [4.69, 9.17) is 0 Å². The molecule has 8 aromatic rings. The predicted octanol–water partition coefficient (Wildman–Crippen LogP) is 14.8. The zero-order valence-corrected chi connectivity index (χ0v) is 31.8. The largest absolute Gasteiger partial charge is 0.310 e. The highest BCUT2D eigenvalue weighted by molar-refractivity contribution is 5.93. The summed E-state index contributed by atoms with van der Waals surface area (Å²) in [5.41, 5.74) is 21.6. The average Bonchev–Trinajstić information content (AvgIpc) is 3.61. The predicted molar refractivity (Wildman–Crippen MR) is 233 cm³/mol. The number of fused-ring (bicyclic) bond motifs is 6. The van der Waals surface area contributed by atoms with Crippen LogP contribution in [-0.2, 0) is 10.8 Å². The van der Waals surface area contributed by atoms with Crippen molar-refractivity contribution in [1.29, 1.82) is 0 Å². The molecule has 0 radical (unpaired) electrons. The van der Waals surface area contributed by atoms with Crippen molar-refractivity contribution in [1.82, 2.24) is 0 Å². The molecule has 1 nitrogen and oxygen atoms in total. The first-order chi connectivity index (χ1) is 26.8. The lowest BCUT2D eigenvalue weighted by atomic mass is 9.81. The minimum absolute atomic E-state index is 0.0330. The first kappa shape index (κ1) is 33.2. The van der Waals surface area contributed by atoms with Crippen molar-refractivity contribution < 1.29 is 0 Å². The van der Waals surface area contributed by atoms with Crippen LogP contribution in [-0.4, -0.2) is 0 Å². The zero-order valence-electron chi connectivity index (χ0n) is 31.8. The SMILES string of the molecule is CC1(C)c2cc(-c3ccccc3)ccc2-c2ccc(N(c3ccc(-c4ccccc4)cc3)c3ccc(-c4cccc5c4-c4ccccc4C5(C)C)cc3)cc21. The quantitative estimate of drug-likeness (QED) is 0.166. The number of nitrogens with zero attached hydrogens (tertiary/aromatic N) is 1. The van der Waals surface area contributed by atoms with Crippen molar-refractivity contribution in [2.75, 3.05) is 4.90 Å². The molecular formula is C54H43N. The molecule has 0 amide bonds. The fraction of sp³-hybridized carbons (Fsp3) is 0.111. The van der Waals surface area contributed by atoms with Crippen LogP contribution in [0.3, 0.4) is 0 Å². The van der Waals surface area contributed by atoms with E-state index in [9.17, 15) is 0 Å². The van der Waals surface area contributed by atoms with E-state index < -0.39 is 0 Å². The molecule has 0 aromatic heterocycles. The lowest BCUT2D eigenvalue weighted by Gasteiger charge is -2.28. The van der Waals surface area contributed by atoms with Gasteiger partial charge in [0, 0.05) is 27.9 Å². The topological polar surface area (TPSA) is 3.24 Å². The van der Waals surface area contributed by atoms with Crippen LogP contribution in [0.1, 0.15) is 49.9 Å². The van der Waals surface area contributed by atoms with Crippen LogP contribution in [0.5, 0.6) is 0 Å². The molecule has 10 rings (SSSR count). The molecule has 0 atom stereocenters. The number of benzene rings is 8. The molecule has 0 bridgehead atoms. The second kappa shape index (κ2) is 12.6. The Bertz CT molecular complexity index is 2720. The lowest BCUT2D eigenvalue weighted by Crippen LogP contribution is -2.16. The van der Waals surface area contributed by atoms with Gasteiger partial charge in [-0.15, -0.1) is 0 Å². The van der Waals surface area contributed by atoms with Crippen LogP contribution in [0.4, 0.5) is 17.1 Å². The lowest BCUT2D eigenvalue weighted by molar-refractivity contribution is 0.660. The normalized spacial score (nSPS) is 14.1. The molecule has 0 fully saturated rings. The van der Waals surface area contributed by atoms with Crippen LogP contribution in [0, 0.1) is 0 Å². The molecule has 0 heterocycles. The maximum Gasteiger partial charge on any atom is 0.0465 e. The number of hydrogen-bond donors (Lipinski definition) is 0. The first-order valence-electron chi connectivity index (χ1n) is 19.4. The van der Waals surface area contributed by atoms with Crippen LogP contribution < -0.4 is 4.90 Å². The van der Waals surface area contributed by atoms with Gasteiger partial charge in [-0.2, -0.15) is 0 Å². The molecule has 0 N–H and O–H groups in total. The van der Waals surface area contributed by atoms with Crippen molar-refractivity contribution >= 4 is 17.1 Å². The highest BCUT2D eigenvalue weighted by atomic mass is 15.1. The van der Waals surface area contributed by atoms with Gasteiger partial charge in [-0.25, -0.2) is 0 Å². The fourth-order valence-electron chi connectivity index (χ4n) is 9.34. The van der Waals surface area contributed by atoms with Crippen molar-refractivity contribution in [2.24, 2.45) is 0 Å². The molecular weight excluding hydrogens is 663 g/mol. The van der Waals surface area contributed by atoms with Crippen molar-refractivity contribution in [3.8, 4) is 55.6 Å². The smallest absolute Gasteiger partial charge is 0.0465 e. The third-order valence-corrected chi connectivity index (χ3v) is 12.3. The fourth-order valence-corrected chi connectivity index (χ4v) is 9.34. The van der Waals surface area contributed by atoms with Crippen molar-refractivity contribution in [3.63, 3.8) is 0 Å². The first-order valence-corrected chi connectivity index (χ1v) is 19.4. The maximum atomic E-state index is 2.43. The average molecular weight is 706 g/mol. The Kier molecular flexibility index (Phi) is 7.58. The van der Waals surface area contributed by atoms with Gasteiger partial charge >= 0.3 is 0 Å². The number of anilines is 3. The molecule has 0 unspecified atom stereocenters. The molecule has 55 heavy (non-hydrogen) atoms. The molecule has 2 aliphatic carbocycles. The molecule has 2 aliphatic rings. The van der Waals surface area contributed by atoms with Gasteiger partial charge in [0.15, 0.2) is 0 Å². The van der Waals surface area contributed by atoms with E-state index in [2.05, 4.69) is 221 Å². The van der Waals surface area contributed by atoms with Gasteiger partial charge in [0.05, 0.1) is 0 Å². The second-order valence-corrected chi connectivity index (χ2v) is 16.2. The van der Waals surface area contributed by atoms with E-state index in [1.807, 2.05) is 0 Å². The summed E-state index contributed by atoms with van der Waals surface area (Å²) in [6, 6.07) is 69.4. The summed E-state index contributed by atoms with van der Waals surface area (Å²) in [6.45, 7) is 9.46. The molecule has 264 valence electrons. The van der Waals surface area contributed by atoms with Crippen molar-refractivity contribution in [3.05, 3.63) is 210 Å². The molecule has 8 aromatic carbocycles. The van der Waals surface area contributed by atoms with Crippen LogP contribution in [0.2, 0.25) is 0 Å². The summed E-state index contributed by atoms with van der Waals surface area (Å²) >= 11 is 0. The molecule has 0 aliphatic heterocycles. The van der Waals surface area contributed by atoms with E-state index in [0.717, 1.165) is 17.1 Å². The standard InChI is InChI=1S/C54H43N/c1-53(2)48-20-12-11-18-47(48)52-44(19-13-21-49(52)53)39-24-29-42(30-25-39)55(41-27-22-38(23-28-41)36-14-7-5-8-15-36)43-31-33-46-45-32-26-40(37-16-9-6-10-17-37)34-50(45)54(3,4)51(46)35-43/h5-35H,1-4H3. The van der Waals surface area contributed by atoms with E-state index in [-0.39, 0.29) is 10.8 Å². The minimum atomic E-state index is -0.157. The van der Waals surface area contributed by atoms with E-state index in [1.54, 1.807) is 0 Å². The van der Waals surface area contributed by atoms with Gasteiger partial charge < -0.3 is 4.90 Å².